The van der Waals surface area contributed by atoms with Gasteiger partial charge < -0.3 is 14.3 Å². The van der Waals surface area contributed by atoms with Crippen molar-refractivity contribution in [3.05, 3.63) is 47.9 Å². The van der Waals surface area contributed by atoms with Crippen LogP contribution in [0.2, 0.25) is 0 Å². The van der Waals surface area contributed by atoms with Crippen LogP contribution >= 0.6 is 0 Å². The largest absolute Gasteiger partial charge is 0.505 e. The molecule has 1 aliphatic rings. The number of aromatic nitrogens is 2. The molecule has 1 aliphatic carbocycles. The summed E-state index contributed by atoms with van der Waals surface area (Å²) < 4.78 is 8.33. The van der Waals surface area contributed by atoms with Gasteiger partial charge in [-0.1, -0.05) is 6.07 Å². The lowest BCUT2D eigenvalue weighted by Gasteiger charge is -2.23. The predicted molar refractivity (Wildman–Crippen MR) is 100 cm³/mol. The van der Waals surface area contributed by atoms with Gasteiger partial charge in [0.2, 0.25) is 0 Å². The molecular weight excluding hydrogens is 332 g/mol. The first-order valence-electron chi connectivity index (χ1n) is 8.38. The first-order valence-corrected chi connectivity index (χ1v) is 8.38. The molecule has 0 radical (unpaired) electrons. The van der Waals surface area contributed by atoms with E-state index < -0.39 is 0 Å². The average molecular weight is 355 g/mol. The molecule has 0 amide bonds. The number of rotatable bonds is 5. The van der Waals surface area contributed by atoms with Crippen LogP contribution in [0, 0.1) is 0 Å². The fourth-order valence-electron chi connectivity index (χ4n) is 2.46. The molecule has 2 aromatic rings. The summed E-state index contributed by atoms with van der Waals surface area (Å²) in [5, 5.41) is 14.7. The minimum Gasteiger partial charge on any atom is -0.505 e. The third kappa shape index (κ3) is 3.67. The number of fused-ring (bicyclic) bond motifs is 1. The van der Waals surface area contributed by atoms with Gasteiger partial charge in [0, 0.05) is 11.8 Å². The molecule has 0 bridgehead atoms. The van der Waals surface area contributed by atoms with Crippen molar-refractivity contribution in [2.24, 2.45) is 4.99 Å². The molecule has 0 saturated carbocycles. The molecule has 0 aliphatic heterocycles. The molecule has 7 heteroatoms. The van der Waals surface area contributed by atoms with Gasteiger partial charge in [-0.3, -0.25) is 4.79 Å². The van der Waals surface area contributed by atoms with E-state index >= 15 is 0 Å². The van der Waals surface area contributed by atoms with Gasteiger partial charge in [-0.15, -0.1) is 5.10 Å². The molecule has 2 aromatic heterocycles. The molecule has 3 rings (SSSR count). The highest BCUT2D eigenvalue weighted by Gasteiger charge is 2.20. The molecule has 0 spiro atoms. The number of quaternary nitrogens is 1. The fourth-order valence-corrected chi connectivity index (χ4v) is 2.46. The number of allylic oxidation sites excluding steroid dienone is 3. The summed E-state index contributed by atoms with van der Waals surface area (Å²) in [5.74, 6) is 0.0544. The van der Waals surface area contributed by atoms with Crippen molar-refractivity contribution < 1.29 is 19.1 Å². The SMILES string of the molecule is CC1=C(O)/C(=N/c2c(OCC[N+](C)(C)C)nn3ccccc23)C=CC1=O. The quantitative estimate of drug-likeness (QED) is 0.660. The van der Waals surface area contributed by atoms with Crippen LogP contribution in [0.4, 0.5) is 5.69 Å². The number of pyridine rings is 1. The van der Waals surface area contributed by atoms with Crippen molar-refractivity contribution in [2.45, 2.75) is 6.92 Å². The first-order chi connectivity index (χ1) is 12.3. The van der Waals surface area contributed by atoms with Crippen LogP contribution in [-0.2, 0) is 4.79 Å². The van der Waals surface area contributed by atoms with Gasteiger partial charge in [0.25, 0.3) is 5.88 Å². The van der Waals surface area contributed by atoms with E-state index in [0.29, 0.717) is 23.9 Å². The monoisotopic (exact) mass is 355 g/mol. The molecule has 7 nitrogen and oxygen atoms in total. The summed E-state index contributed by atoms with van der Waals surface area (Å²) in [4.78, 5) is 16.2. The van der Waals surface area contributed by atoms with Crippen molar-refractivity contribution >= 4 is 22.7 Å². The maximum absolute atomic E-state index is 11.7. The van der Waals surface area contributed by atoms with Crippen LogP contribution in [0.3, 0.4) is 0 Å². The van der Waals surface area contributed by atoms with Crippen LogP contribution in [0.5, 0.6) is 5.88 Å². The molecule has 1 N–H and O–H groups in total. The van der Waals surface area contributed by atoms with Crippen molar-refractivity contribution in [1.82, 2.24) is 9.61 Å². The Hall–Kier alpha value is -2.93. The Morgan fingerprint density at radius 3 is 2.77 bits per heavy atom. The Kier molecular flexibility index (Phi) is 4.65. The number of aliphatic hydroxyl groups excluding tert-OH is 1. The predicted octanol–water partition coefficient (Wildman–Crippen LogP) is 2.46. The van der Waals surface area contributed by atoms with E-state index in [-0.39, 0.29) is 17.1 Å². The van der Waals surface area contributed by atoms with Crippen LogP contribution in [-0.4, -0.2) is 65.0 Å². The lowest BCUT2D eigenvalue weighted by atomic mass is 10.0. The van der Waals surface area contributed by atoms with Gasteiger partial charge in [-0.25, -0.2) is 9.51 Å². The number of carbonyl (C=O) groups excluding carboxylic acids is 1. The zero-order chi connectivity index (χ0) is 18.9. The molecular formula is C19H23N4O3+. The number of likely N-dealkylation sites (N-methyl/N-ethyl adjacent to an activating group) is 1. The lowest BCUT2D eigenvalue weighted by molar-refractivity contribution is -0.870. The van der Waals surface area contributed by atoms with E-state index in [0.717, 1.165) is 16.5 Å². The number of aliphatic hydroxyl groups is 1. The van der Waals surface area contributed by atoms with Gasteiger partial charge >= 0.3 is 0 Å². The van der Waals surface area contributed by atoms with Gasteiger partial charge in [0.1, 0.15) is 24.6 Å². The summed E-state index contributed by atoms with van der Waals surface area (Å²) in [6.45, 7) is 2.87. The van der Waals surface area contributed by atoms with Crippen molar-refractivity contribution in [3.8, 4) is 5.88 Å². The molecule has 0 unspecified atom stereocenters. The number of aliphatic imine (C=N–C) groups is 1. The van der Waals surface area contributed by atoms with Gasteiger partial charge in [0.05, 0.1) is 26.7 Å². The highest BCUT2D eigenvalue weighted by Crippen LogP contribution is 2.33. The normalized spacial score (nSPS) is 16.8. The van der Waals surface area contributed by atoms with Gasteiger partial charge in [-0.2, -0.15) is 0 Å². The van der Waals surface area contributed by atoms with Crippen molar-refractivity contribution in [1.29, 1.82) is 0 Å². The lowest BCUT2D eigenvalue weighted by Crippen LogP contribution is -2.38. The van der Waals surface area contributed by atoms with Gasteiger partial charge in [0.15, 0.2) is 11.5 Å². The van der Waals surface area contributed by atoms with E-state index in [1.165, 1.54) is 12.2 Å². The van der Waals surface area contributed by atoms with Crippen molar-refractivity contribution in [3.63, 3.8) is 0 Å². The summed E-state index contributed by atoms with van der Waals surface area (Å²) in [6.07, 6.45) is 4.72. The van der Waals surface area contributed by atoms with E-state index in [1.807, 2.05) is 24.4 Å². The van der Waals surface area contributed by atoms with E-state index in [1.54, 1.807) is 11.4 Å². The maximum atomic E-state index is 11.7. The highest BCUT2D eigenvalue weighted by molar-refractivity contribution is 6.21. The number of hydrogen-bond donors (Lipinski definition) is 1. The van der Waals surface area contributed by atoms with E-state index in [2.05, 4.69) is 31.2 Å². The van der Waals surface area contributed by atoms with Gasteiger partial charge in [-0.05, 0) is 31.2 Å². The zero-order valence-electron chi connectivity index (χ0n) is 15.4. The molecule has 0 atom stereocenters. The fraction of sp³-hybridized carbons (Fsp3) is 0.316. The Morgan fingerprint density at radius 2 is 2.04 bits per heavy atom. The topological polar surface area (TPSA) is 76.2 Å². The Bertz CT molecular complexity index is 945. The van der Waals surface area contributed by atoms with Crippen LogP contribution < -0.4 is 4.74 Å². The zero-order valence-corrected chi connectivity index (χ0v) is 15.4. The molecule has 2 heterocycles. The minimum atomic E-state index is -0.222. The van der Waals surface area contributed by atoms with Crippen LogP contribution in [0.1, 0.15) is 6.92 Å². The number of ether oxygens (including phenoxy) is 1. The number of hydrogen-bond acceptors (Lipinski definition) is 5. The second kappa shape index (κ2) is 6.76. The van der Waals surface area contributed by atoms with E-state index in [9.17, 15) is 9.90 Å². The molecule has 26 heavy (non-hydrogen) atoms. The Balaban J connectivity index is 2.01. The minimum absolute atomic E-state index is 0.120. The Labute approximate surface area is 152 Å². The smallest absolute Gasteiger partial charge is 0.260 e. The third-order valence-corrected chi connectivity index (χ3v) is 4.08. The Morgan fingerprint density at radius 1 is 1.27 bits per heavy atom. The van der Waals surface area contributed by atoms with Crippen molar-refractivity contribution in [2.75, 3.05) is 34.3 Å². The van der Waals surface area contributed by atoms with E-state index in [4.69, 9.17) is 4.74 Å². The number of nitrogens with zero attached hydrogens (tertiary/aromatic N) is 4. The standard InChI is InChI=1S/C19H22N4O3/c1-13-16(24)9-8-14(18(13)25)20-17-15-7-5-6-10-22(15)21-19(17)26-12-11-23(2,3)4/h5-10H,11-12H2,1-4H3/p+1/b20-14+. The number of ketones is 1. The molecule has 0 saturated heterocycles. The summed E-state index contributed by atoms with van der Waals surface area (Å²) >= 11 is 0. The average Bonchev–Trinajstić information content (AvgIpc) is 2.92. The summed E-state index contributed by atoms with van der Waals surface area (Å²) in [6, 6.07) is 5.63. The van der Waals surface area contributed by atoms with Crippen LogP contribution in [0.15, 0.2) is 52.9 Å². The second-order valence-corrected chi connectivity index (χ2v) is 7.21. The summed E-state index contributed by atoms with van der Waals surface area (Å²) in [7, 11) is 6.26. The second-order valence-electron chi connectivity index (χ2n) is 7.21. The molecule has 0 fully saturated rings. The maximum Gasteiger partial charge on any atom is 0.260 e. The number of carbonyl (C=O) groups is 1. The van der Waals surface area contributed by atoms with Crippen LogP contribution in [0.25, 0.3) is 5.52 Å². The summed E-state index contributed by atoms with van der Waals surface area (Å²) in [5.41, 5.74) is 1.88. The molecule has 0 aromatic carbocycles. The molecule has 136 valence electrons. The first kappa shape index (κ1) is 17.9. The highest BCUT2D eigenvalue weighted by atomic mass is 16.5. The third-order valence-electron chi connectivity index (χ3n) is 4.08.